The molecule has 2 aromatic carbocycles. The number of benzene rings is 2. The standard InChI is InChI=1S/C22H16Br2N2O6/c1-3-8-32-18-16(23)10-12(11-17(18)24)9-15-19(27)25-22(30)26(20(15)28)14-6-4-13(5-7-14)21(29)31-2/h3-7,9-11H,1,8H2,2H3,(H,25,27,30)/b15-9+. The van der Waals surface area contributed by atoms with Crippen molar-refractivity contribution in [3.05, 3.63) is 74.7 Å². The Morgan fingerprint density at radius 1 is 1.12 bits per heavy atom. The maximum Gasteiger partial charge on any atom is 0.337 e. The summed E-state index contributed by atoms with van der Waals surface area (Å²) in [5.74, 6) is -1.64. The number of halogens is 2. The quantitative estimate of drug-likeness (QED) is 0.244. The smallest absolute Gasteiger partial charge is 0.337 e. The number of carbonyl (C=O) groups excluding carboxylic acids is 4. The number of barbiturate groups is 1. The molecule has 2 aromatic rings. The molecule has 0 aliphatic carbocycles. The second-order valence-corrected chi connectivity index (χ2v) is 8.12. The lowest BCUT2D eigenvalue weighted by molar-refractivity contribution is -0.122. The van der Waals surface area contributed by atoms with Crippen LogP contribution in [0.2, 0.25) is 0 Å². The predicted octanol–water partition coefficient (Wildman–Crippen LogP) is 4.23. The summed E-state index contributed by atoms with van der Waals surface area (Å²) in [5, 5.41) is 2.15. The van der Waals surface area contributed by atoms with Crippen LogP contribution in [0.5, 0.6) is 5.75 Å². The van der Waals surface area contributed by atoms with Crippen molar-refractivity contribution in [1.82, 2.24) is 5.32 Å². The fourth-order valence-electron chi connectivity index (χ4n) is 2.87. The summed E-state index contributed by atoms with van der Waals surface area (Å²) in [6.45, 7) is 3.90. The van der Waals surface area contributed by atoms with Gasteiger partial charge in [-0.3, -0.25) is 14.9 Å². The topological polar surface area (TPSA) is 102 Å². The number of hydrogen-bond donors (Lipinski definition) is 1. The van der Waals surface area contributed by atoms with E-state index in [-0.39, 0.29) is 16.8 Å². The van der Waals surface area contributed by atoms with Crippen LogP contribution >= 0.6 is 31.9 Å². The van der Waals surface area contributed by atoms with Gasteiger partial charge < -0.3 is 9.47 Å². The number of ether oxygens (including phenoxy) is 2. The van der Waals surface area contributed by atoms with E-state index in [1.807, 2.05) is 0 Å². The van der Waals surface area contributed by atoms with E-state index in [1.165, 1.54) is 37.5 Å². The van der Waals surface area contributed by atoms with Crippen molar-refractivity contribution in [1.29, 1.82) is 0 Å². The van der Waals surface area contributed by atoms with Crippen LogP contribution in [0.15, 0.2) is 63.6 Å². The first-order valence-corrected chi connectivity index (χ1v) is 10.7. The van der Waals surface area contributed by atoms with Crippen LogP contribution in [0, 0.1) is 0 Å². The molecule has 4 amide bonds. The zero-order valence-electron chi connectivity index (χ0n) is 16.7. The van der Waals surface area contributed by atoms with Crippen LogP contribution < -0.4 is 15.0 Å². The van der Waals surface area contributed by atoms with Crippen LogP contribution in [-0.2, 0) is 14.3 Å². The Morgan fingerprint density at radius 2 is 1.75 bits per heavy atom. The van der Waals surface area contributed by atoms with E-state index >= 15 is 0 Å². The molecule has 1 heterocycles. The number of hydrogen-bond acceptors (Lipinski definition) is 6. The lowest BCUT2D eigenvalue weighted by atomic mass is 10.1. The molecule has 0 aromatic heterocycles. The molecular weight excluding hydrogens is 548 g/mol. The van der Waals surface area contributed by atoms with Gasteiger partial charge in [0, 0.05) is 0 Å². The van der Waals surface area contributed by atoms with Gasteiger partial charge in [-0.2, -0.15) is 0 Å². The lowest BCUT2D eigenvalue weighted by Gasteiger charge is -2.26. The summed E-state index contributed by atoms with van der Waals surface area (Å²) in [4.78, 5) is 50.2. The minimum Gasteiger partial charge on any atom is -0.487 e. The Morgan fingerprint density at radius 3 is 2.31 bits per heavy atom. The van der Waals surface area contributed by atoms with Gasteiger partial charge in [-0.05, 0) is 79.9 Å². The van der Waals surface area contributed by atoms with Crippen molar-refractivity contribution < 1.29 is 28.7 Å². The minimum atomic E-state index is -0.890. The summed E-state index contributed by atoms with van der Waals surface area (Å²) in [6, 6.07) is 8.10. The van der Waals surface area contributed by atoms with Crippen LogP contribution in [0.3, 0.4) is 0 Å². The first-order valence-electron chi connectivity index (χ1n) is 9.09. The number of anilines is 1. The molecule has 0 atom stereocenters. The molecule has 1 aliphatic heterocycles. The Labute approximate surface area is 200 Å². The van der Waals surface area contributed by atoms with Gasteiger partial charge in [0.15, 0.2) is 0 Å². The van der Waals surface area contributed by atoms with E-state index in [0.29, 0.717) is 26.9 Å². The molecule has 32 heavy (non-hydrogen) atoms. The van der Waals surface area contributed by atoms with Crippen molar-refractivity contribution in [2.24, 2.45) is 0 Å². The third kappa shape index (κ3) is 4.81. The third-order valence-electron chi connectivity index (χ3n) is 4.33. The van der Waals surface area contributed by atoms with Gasteiger partial charge in [0.05, 0.1) is 27.3 Å². The zero-order valence-corrected chi connectivity index (χ0v) is 19.9. The van der Waals surface area contributed by atoms with E-state index in [4.69, 9.17) is 4.74 Å². The summed E-state index contributed by atoms with van der Waals surface area (Å²) >= 11 is 6.80. The van der Waals surface area contributed by atoms with E-state index in [9.17, 15) is 19.2 Å². The fourth-order valence-corrected chi connectivity index (χ4v) is 4.32. The summed E-state index contributed by atoms with van der Waals surface area (Å²) in [7, 11) is 1.25. The Balaban J connectivity index is 1.95. The second-order valence-electron chi connectivity index (χ2n) is 6.41. The number of carbonyl (C=O) groups is 4. The second kappa shape index (κ2) is 9.92. The number of imide groups is 2. The lowest BCUT2D eigenvalue weighted by Crippen LogP contribution is -2.54. The molecule has 3 rings (SSSR count). The van der Waals surface area contributed by atoms with Gasteiger partial charge in [-0.25, -0.2) is 14.5 Å². The molecule has 8 nitrogen and oxygen atoms in total. The average Bonchev–Trinajstić information content (AvgIpc) is 2.76. The molecule has 1 N–H and O–H groups in total. The van der Waals surface area contributed by atoms with Crippen molar-refractivity contribution in [2.45, 2.75) is 0 Å². The number of rotatable bonds is 6. The van der Waals surface area contributed by atoms with Gasteiger partial charge in [0.25, 0.3) is 11.8 Å². The first-order chi connectivity index (χ1) is 15.3. The molecule has 1 fully saturated rings. The largest absolute Gasteiger partial charge is 0.487 e. The number of nitrogens with zero attached hydrogens (tertiary/aromatic N) is 1. The Kier molecular flexibility index (Phi) is 7.26. The first kappa shape index (κ1) is 23.4. The summed E-state index contributed by atoms with van der Waals surface area (Å²) in [5.41, 5.74) is 0.722. The maximum atomic E-state index is 13.0. The van der Waals surface area contributed by atoms with Gasteiger partial charge in [-0.1, -0.05) is 12.7 Å². The SMILES string of the molecule is C=CCOc1c(Br)cc(/C=C2\C(=O)NC(=O)N(c3ccc(C(=O)OC)cc3)C2=O)cc1Br. The number of methoxy groups -OCH3 is 1. The number of urea groups is 1. The average molecular weight is 564 g/mol. The molecular formula is C22H16Br2N2O6. The van der Waals surface area contributed by atoms with Crippen molar-refractivity contribution in [2.75, 3.05) is 18.6 Å². The summed E-state index contributed by atoms with van der Waals surface area (Å²) < 4.78 is 11.4. The predicted molar refractivity (Wildman–Crippen MR) is 124 cm³/mol. The van der Waals surface area contributed by atoms with Gasteiger partial charge >= 0.3 is 12.0 Å². The number of nitrogens with one attached hydrogen (secondary N) is 1. The minimum absolute atomic E-state index is 0.189. The van der Waals surface area contributed by atoms with E-state index in [0.717, 1.165) is 4.90 Å². The molecule has 0 spiro atoms. The highest BCUT2D eigenvalue weighted by Crippen LogP contribution is 2.35. The summed E-state index contributed by atoms with van der Waals surface area (Å²) in [6.07, 6.45) is 2.97. The van der Waals surface area contributed by atoms with Gasteiger partial charge in [-0.15, -0.1) is 0 Å². The third-order valence-corrected chi connectivity index (χ3v) is 5.50. The maximum absolute atomic E-state index is 13.0. The molecule has 164 valence electrons. The molecule has 1 aliphatic rings. The molecule has 10 heteroatoms. The Hall–Kier alpha value is -3.24. The van der Waals surface area contributed by atoms with E-state index < -0.39 is 23.8 Å². The van der Waals surface area contributed by atoms with Crippen molar-refractivity contribution in [3.63, 3.8) is 0 Å². The molecule has 0 radical (unpaired) electrons. The van der Waals surface area contributed by atoms with Crippen LogP contribution in [0.1, 0.15) is 15.9 Å². The monoisotopic (exact) mass is 562 g/mol. The van der Waals surface area contributed by atoms with Crippen molar-refractivity contribution >= 4 is 67.4 Å². The molecule has 0 saturated carbocycles. The van der Waals surface area contributed by atoms with Crippen molar-refractivity contribution in [3.8, 4) is 5.75 Å². The van der Waals surface area contributed by atoms with Crippen LogP contribution in [0.25, 0.3) is 6.08 Å². The van der Waals surface area contributed by atoms with E-state index in [1.54, 1.807) is 18.2 Å². The highest BCUT2D eigenvalue weighted by molar-refractivity contribution is 9.11. The van der Waals surface area contributed by atoms with Gasteiger partial charge in [0.1, 0.15) is 17.9 Å². The molecule has 0 unspecified atom stereocenters. The van der Waals surface area contributed by atoms with Gasteiger partial charge in [0.2, 0.25) is 0 Å². The molecule has 0 bridgehead atoms. The molecule has 1 saturated heterocycles. The number of esters is 1. The highest BCUT2D eigenvalue weighted by Gasteiger charge is 2.37. The zero-order chi connectivity index (χ0) is 23.4. The van der Waals surface area contributed by atoms with Crippen LogP contribution in [-0.4, -0.2) is 37.5 Å². The van der Waals surface area contributed by atoms with Crippen LogP contribution in [0.4, 0.5) is 10.5 Å². The van der Waals surface area contributed by atoms with E-state index in [2.05, 4.69) is 48.5 Å². The highest BCUT2D eigenvalue weighted by atomic mass is 79.9. The fraction of sp³-hybridized carbons (Fsp3) is 0.0909. The number of amides is 4. The normalized spacial score (nSPS) is 14.9. The Bertz CT molecular complexity index is 1130.